The van der Waals surface area contributed by atoms with Crippen LogP contribution >= 0.6 is 22.9 Å². The lowest BCUT2D eigenvalue weighted by Gasteiger charge is -2.11. The fraction of sp³-hybridized carbons (Fsp3) is 0.231. The molecule has 0 aliphatic carbocycles. The van der Waals surface area contributed by atoms with Crippen molar-refractivity contribution in [3.8, 4) is 0 Å². The maximum Gasteiger partial charge on any atom is 0.0931 e. The highest BCUT2D eigenvalue weighted by molar-refractivity contribution is 7.16. The van der Waals surface area contributed by atoms with E-state index in [0.29, 0.717) is 0 Å². The van der Waals surface area contributed by atoms with E-state index in [1.54, 1.807) is 11.3 Å². The summed E-state index contributed by atoms with van der Waals surface area (Å²) in [5.74, 6) is 0. The summed E-state index contributed by atoms with van der Waals surface area (Å²) < 4.78 is 0.843. The van der Waals surface area contributed by atoms with Crippen LogP contribution in [0, 0.1) is 6.92 Å². The minimum Gasteiger partial charge on any atom is -0.397 e. The van der Waals surface area contributed by atoms with Crippen LogP contribution in [0.25, 0.3) is 0 Å². The molecule has 0 aliphatic rings. The van der Waals surface area contributed by atoms with Crippen LogP contribution in [0.3, 0.4) is 0 Å². The predicted octanol–water partition coefficient (Wildman–Crippen LogP) is 3.95. The lowest BCUT2D eigenvalue weighted by Crippen LogP contribution is -2.07. The van der Waals surface area contributed by atoms with Gasteiger partial charge in [0.25, 0.3) is 0 Å². The normalized spacial score (nSPS) is 10.5. The molecule has 0 bridgehead atoms. The monoisotopic (exact) mass is 266 g/mol. The zero-order valence-corrected chi connectivity index (χ0v) is 11.2. The van der Waals surface area contributed by atoms with Crippen molar-refractivity contribution in [2.45, 2.75) is 13.3 Å². The first-order valence-corrected chi connectivity index (χ1v) is 6.69. The van der Waals surface area contributed by atoms with Crippen LogP contribution < -0.4 is 11.1 Å². The highest BCUT2D eigenvalue weighted by Crippen LogP contribution is 2.24. The molecule has 90 valence electrons. The Morgan fingerprint density at radius 2 is 2.12 bits per heavy atom. The molecule has 4 heteroatoms. The molecule has 0 saturated heterocycles. The third kappa shape index (κ3) is 3.14. The van der Waals surface area contributed by atoms with Crippen LogP contribution in [0.1, 0.15) is 10.4 Å². The molecule has 0 saturated carbocycles. The highest BCUT2D eigenvalue weighted by Gasteiger charge is 2.02. The Balaban J connectivity index is 1.94. The summed E-state index contributed by atoms with van der Waals surface area (Å²) in [5, 5.41) is 3.38. The maximum absolute atomic E-state index is 5.92. The van der Waals surface area contributed by atoms with Crippen LogP contribution in [0.15, 0.2) is 30.3 Å². The lowest BCUT2D eigenvalue weighted by atomic mass is 10.1. The number of nitrogens with two attached hydrogens (primary N) is 1. The van der Waals surface area contributed by atoms with Gasteiger partial charge in [0.2, 0.25) is 0 Å². The largest absolute Gasteiger partial charge is 0.397 e. The summed E-state index contributed by atoms with van der Waals surface area (Å²) in [7, 11) is 0. The van der Waals surface area contributed by atoms with Gasteiger partial charge in [-0.25, -0.2) is 0 Å². The number of nitrogen functional groups attached to an aromatic ring is 1. The van der Waals surface area contributed by atoms with Gasteiger partial charge in [-0.05, 0) is 37.1 Å². The number of thiophene rings is 1. The number of nitrogens with one attached hydrogen (secondary N) is 1. The van der Waals surface area contributed by atoms with Crippen molar-refractivity contribution in [2.24, 2.45) is 0 Å². The third-order valence-corrected chi connectivity index (χ3v) is 3.90. The van der Waals surface area contributed by atoms with E-state index < -0.39 is 0 Å². The maximum atomic E-state index is 5.92. The third-order valence-electron chi connectivity index (χ3n) is 2.61. The van der Waals surface area contributed by atoms with E-state index in [1.165, 1.54) is 10.4 Å². The molecule has 3 N–H and O–H groups in total. The van der Waals surface area contributed by atoms with Crippen molar-refractivity contribution >= 4 is 34.3 Å². The first kappa shape index (κ1) is 12.3. The number of hydrogen-bond donors (Lipinski definition) is 2. The minimum absolute atomic E-state index is 0.800. The van der Waals surface area contributed by atoms with Gasteiger partial charge < -0.3 is 11.1 Å². The Labute approximate surface area is 110 Å². The molecule has 0 fully saturated rings. The van der Waals surface area contributed by atoms with Crippen molar-refractivity contribution in [2.75, 3.05) is 17.6 Å². The molecule has 2 rings (SSSR count). The first-order valence-electron chi connectivity index (χ1n) is 5.50. The molecule has 0 unspecified atom stereocenters. The predicted molar refractivity (Wildman–Crippen MR) is 77.1 cm³/mol. The molecule has 0 aliphatic heterocycles. The van der Waals surface area contributed by atoms with Crippen LogP contribution in [0.5, 0.6) is 0 Å². The first-order chi connectivity index (χ1) is 8.16. The van der Waals surface area contributed by atoms with E-state index in [2.05, 4.69) is 24.4 Å². The molecule has 1 aromatic carbocycles. The molecular formula is C13H15ClN2S. The van der Waals surface area contributed by atoms with Crippen LogP contribution in [-0.2, 0) is 6.42 Å². The molecule has 0 atom stereocenters. The van der Waals surface area contributed by atoms with Crippen molar-refractivity contribution in [1.29, 1.82) is 0 Å². The van der Waals surface area contributed by atoms with E-state index in [0.717, 1.165) is 28.7 Å². The molecule has 0 spiro atoms. The van der Waals surface area contributed by atoms with Crippen LogP contribution in [0.4, 0.5) is 11.4 Å². The van der Waals surface area contributed by atoms with Gasteiger partial charge in [0.05, 0.1) is 15.7 Å². The Kier molecular flexibility index (Phi) is 3.92. The Morgan fingerprint density at radius 3 is 2.76 bits per heavy atom. The standard InChI is InChI=1S/C13H15ClN2S/c1-9-3-2-4-11(15)13(9)16-8-7-10-5-6-12(14)17-10/h2-6,16H,7-8,15H2,1H3. The summed E-state index contributed by atoms with van der Waals surface area (Å²) in [5.41, 5.74) is 8.94. The molecule has 2 aromatic rings. The number of aryl methyl sites for hydroxylation is 1. The summed E-state index contributed by atoms with van der Waals surface area (Å²) in [6.45, 7) is 2.92. The van der Waals surface area contributed by atoms with Gasteiger partial charge in [-0.1, -0.05) is 23.7 Å². The summed E-state index contributed by atoms with van der Waals surface area (Å²) in [6.07, 6.45) is 0.963. The molecule has 1 aromatic heterocycles. The fourth-order valence-corrected chi connectivity index (χ4v) is 2.82. The van der Waals surface area contributed by atoms with Gasteiger partial charge in [-0.2, -0.15) is 0 Å². The van der Waals surface area contributed by atoms with Crippen molar-refractivity contribution in [3.05, 3.63) is 45.1 Å². The second-order valence-corrected chi connectivity index (χ2v) is 5.72. The molecule has 0 radical (unpaired) electrons. The molecule has 17 heavy (non-hydrogen) atoms. The number of halogens is 1. The minimum atomic E-state index is 0.800. The average molecular weight is 267 g/mol. The van der Waals surface area contributed by atoms with Crippen LogP contribution in [0.2, 0.25) is 4.34 Å². The van der Waals surface area contributed by atoms with Crippen molar-refractivity contribution in [3.63, 3.8) is 0 Å². The number of benzene rings is 1. The SMILES string of the molecule is Cc1cccc(N)c1NCCc1ccc(Cl)s1. The lowest BCUT2D eigenvalue weighted by molar-refractivity contribution is 1.04. The van der Waals surface area contributed by atoms with Gasteiger partial charge in [-0.15, -0.1) is 11.3 Å². The zero-order valence-electron chi connectivity index (χ0n) is 9.66. The average Bonchev–Trinajstić information content (AvgIpc) is 2.69. The van der Waals surface area contributed by atoms with Crippen molar-refractivity contribution < 1.29 is 0 Å². The van der Waals surface area contributed by atoms with E-state index in [4.69, 9.17) is 17.3 Å². The van der Waals surface area contributed by atoms with Gasteiger partial charge >= 0.3 is 0 Å². The Bertz CT molecular complexity index is 488. The Morgan fingerprint density at radius 1 is 1.29 bits per heavy atom. The summed E-state index contributed by atoms with van der Waals surface area (Å²) >= 11 is 7.51. The summed E-state index contributed by atoms with van der Waals surface area (Å²) in [4.78, 5) is 1.29. The van der Waals surface area contributed by atoms with Gasteiger partial charge in [-0.3, -0.25) is 0 Å². The van der Waals surface area contributed by atoms with E-state index >= 15 is 0 Å². The quantitative estimate of drug-likeness (QED) is 0.823. The molecule has 2 nitrogen and oxygen atoms in total. The van der Waals surface area contributed by atoms with Gasteiger partial charge in [0.1, 0.15) is 0 Å². The van der Waals surface area contributed by atoms with Gasteiger partial charge in [0, 0.05) is 11.4 Å². The number of rotatable bonds is 4. The number of hydrogen-bond acceptors (Lipinski definition) is 3. The van der Waals surface area contributed by atoms with E-state index in [1.807, 2.05) is 18.2 Å². The number of para-hydroxylation sites is 1. The van der Waals surface area contributed by atoms with E-state index in [-0.39, 0.29) is 0 Å². The van der Waals surface area contributed by atoms with Crippen molar-refractivity contribution in [1.82, 2.24) is 0 Å². The molecular weight excluding hydrogens is 252 g/mol. The van der Waals surface area contributed by atoms with Gasteiger partial charge in [0.15, 0.2) is 0 Å². The highest BCUT2D eigenvalue weighted by atomic mass is 35.5. The topological polar surface area (TPSA) is 38.0 Å². The molecule has 1 heterocycles. The second kappa shape index (κ2) is 5.43. The molecule has 0 amide bonds. The smallest absolute Gasteiger partial charge is 0.0931 e. The zero-order chi connectivity index (χ0) is 12.3. The van der Waals surface area contributed by atoms with Crippen LogP contribution in [-0.4, -0.2) is 6.54 Å². The summed E-state index contributed by atoms with van der Waals surface area (Å²) in [6, 6.07) is 9.94. The number of anilines is 2. The fourth-order valence-electron chi connectivity index (χ4n) is 1.73. The second-order valence-electron chi connectivity index (χ2n) is 3.92. The van der Waals surface area contributed by atoms with E-state index in [9.17, 15) is 0 Å². The Hall–Kier alpha value is -1.19.